The number of nitrogens with zero attached hydrogens (tertiary/aromatic N) is 4. The molecule has 0 N–H and O–H groups in total. The first kappa shape index (κ1) is 20.9. The second-order valence-electron chi connectivity index (χ2n) is 7.39. The van der Waals surface area contributed by atoms with Gasteiger partial charge in [0.05, 0.1) is 23.7 Å². The zero-order valence-corrected chi connectivity index (χ0v) is 19.0. The molecule has 9 heteroatoms. The minimum Gasteiger partial charge on any atom is -0.338 e. The summed E-state index contributed by atoms with van der Waals surface area (Å²) >= 11 is 2.74. The average molecular weight is 465 g/mol. The molecule has 2 aliphatic heterocycles. The van der Waals surface area contributed by atoms with Gasteiger partial charge in [-0.15, -0.1) is 16.8 Å². The number of ether oxygens (including phenoxy) is 1. The Morgan fingerprint density at radius 3 is 2.72 bits per heavy atom. The van der Waals surface area contributed by atoms with Gasteiger partial charge in [0, 0.05) is 17.7 Å². The monoisotopic (exact) mass is 464 g/mol. The van der Waals surface area contributed by atoms with E-state index in [1.807, 2.05) is 55.5 Å². The highest BCUT2D eigenvalue weighted by Gasteiger charge is 2.59. The van der Waals surface area contributed by atoms with Crippen LogP contribution in [0.2, 0.25) is 0 Å². The van der Waals surface area contributed by atoms with E-state index in [0.29, 0.717) is 22.1 Å². The Hall–Kier alpha value is -3.01. The molecule has 0 bridgehead atoms. The van der Waals surface area contributed by atoms with Crippen LogP contribution in [0.25, 0.3) is 0 Å². The molecular formula is C23H20N4O3S2. The predicted molar refractivity (Wildman–Crippen MR) is 125 cm³/mol. The number of fused-ring (bicyclic) bond motifs is 3. The fraction of sp³-hybridized carbons (Fsp3) is 0.217. The van der Waals surface area contributed by atoms with Crippen molar-refractivity contribution in [2.75, 3.05) is 22.1 Å². The molecule has 2 aliphatic rings. The molecule has 0 unspecified atom stereocenters. The maximum absolute atomic E-state index is 13.9. The van der Waals surface area contributed by atoms with Gasteiger partial charge in [-0.1, -0.05) is 65.6 Å². The van der Waals surface area contributed by atoms with Crippen LogP contribution < -0.4 is 9.80 Å². The lowest BCUT2D eigenvalue weighted by Crippen LogP contribution is -2.60. The fourth-order valence-electron chi connectivity index (χ4n) is 4.17. The van der Waals surface area contributed by atoms with E-state index in [0.717, 1.165) is 16.3 Å². The van der Waals surface area contributed by atoms with Crippen molar-refractivity contribution in [3.63, 3.8) is 0 Å². The smallest absolute Gasteiger partial charge is 0.286 e. The number of aryl methyl sites for hydroxylation is 1. The van der Waals surface area contributed by atoms with Gasteiger partial charge in [0.15, 0.2) is 4.34 Å². The van der Waals surface area contributed by atoms with Gasteiger partial charge in [-0.05, 0) is 19.1 Å². The van der Waals surface area contributed by atoms with Crippen molar-refractivity contribution >= 4 is 46.3 Å². The van der Waals surface area contributed by atoms with Crippen LogP contribution in [0.15, 0.2) is 65.5 Å². The molecule has 32 heavy (non-hydrogen) atoms. The van der Waals surface area contributed by atoms with Crippen molar-refractivity contribution in [1.29, 1.82) is 0 Å². The van der Waals surface area contributed by atoms with Crippen molar-refractivity contribution in [3.8, 4) is 0 Å². The molecule has 0 saturated heterocycles. The third-order valence-corrected chi connectivity index (χ3v) is 7.42. The Morgan fingerprint density at radius 2 is 1.97 bits per heavy atom. The maximum atomic E-state index is 13.9. The molecule has 7 nitrogen and oxygen atoms in total. The molecular weight excluding hydrogens is 444 g/mol. The first-order valence-electron chi connectivity index (χ1n) is 10.1. The van der Waals surface area contributed by atoms with Gasteiger partial charge in [-0.3, -0.25) is 14.5 Å². The van der Waals surface area contributed by atoms with Crippen molar-refractivity contribution in [3.05, 3.63) is 77.3 Å². The Balaban J connectivity index is 1.61. The van der Waals surface area contributed by atoms with E-state index in [1.54, 1.807) is 11.0 Å². The summed E-state index contributed by atoms with van der Waals surface area (Å²) in [6.07, 6.45) is 1.67. The standard InChI is InChI=1S/C23H20N4O3S2/c1-3-12-26-19-11-7-5-9-17(19)23(21(26)29)27(18-10-6-4-8-16(18)13-30-23)20(28)14-31-22-25-24-15(2)32-22/h3-11H,1,12-14H2,2H3/t23-/m0/s1. The van der Waals surface area contributed by atoms with Gasteiger partial charge in [-0.25, -0.2) is 0 Å². The predicted octanol–water partition coefficient (Wildman–Crippen LogP) is 3.89. The van der Waals surface area contributed by atoms with E-state index in [1.165, 1.54) is 28.0 Å². The molecule has 0 saturated carbocycles. The van der Waals surface area contributed by atoms with Crippen molar-refractivity contribution in [2.45, 2.75) is 23.6 Å². The molecule has 0 aliphatic carbocycles. The summed E-state index contributed by atoms with van der Waals surface area (Å²) in [5.41, 5.74) is 1.37. The highest BCUT2D eigenvalue weighted by molar-refractivity contribution is 8.01. The van der Waals surface area contributed by atoms with Gasteiger partial charge in [0.25, 0.3) is 11.6 Å². The largest absolute Gasteiger partial charge is 0.338 e. The molecule has 5 rings (SSSR count). The number of hydrogen-bond donors (Lipinski definition) is 0. The number of amides is 2. The highest BCUT2D eigenvalue weighted by atomic mass is 32.2. The lowest BCUT2D eigenvalue weighted by atomic mass is 9.97. The summed E-state index contributed by atoms with van der Waals surface area (Å²) in [7, 11) is 0. The molecule has 2 aromatic carbocycles. The van der Waals surface area contributed by atoms with Crippen molar-refractivity contribution in [2.24, 2.45) is 0 Å². The third kappa shape index (κ3) is 3.16. The number of benzene rings is 2. The van der Waals surface area contributed by atoms with Gasteiger partial charge < -0.3 is 9.64 Å². The second kappa shape index (κ2) is 8.16. The van der Waals surface area contributed by atoms with E-state index < -0.39 is 5.72 Å². The van der Waals surface area contributed by atoms with E-state index in [4.69, 9.17) is 4.74 Å². The van der Waals surface area contributed by atoms with Crippen LogP contribution >= 0.6 is 23.1 Å². The number of aromatic nitrogens is 2. The van der Waals surface area contributed by atoms with Gasteiger partial charge in [-0.2, -0.15) is 0 Å². The first-order valence-corrected chi connectivity index (χ1v) is 11.9. The molecule has 2 amide bonds. The van der Waals surface area contributed by atoms with Crippen LogP contribution in [0.3, 0.4) is 0 Å². The number of carbonyl (C=O) groups excluding carboxylic acids is 2. The van der Waals surface area contributed by atoms with E-state index in [-0.39, 0.29) is 24.2 Å². The average Bonchev–Trinajstić information content (AvgIpc) is 3.33. The van der Waals surface area contributed by atoms with Crippen LogP contribution in [-0.2, 0) is 26.7 Å². The van der Waals surface area contributed by atoms with Crippen LogP contribution in [0, 0.1) is 6.92 Å². The minimum absolute atomic E-state index is 0.102. The van der Waals surface area contributed by atoms with E-state index >= 15 is 0 Å². The number of rotatable bonds is 5. The van der Waals surface area contributed by atoms with Crippen molar-refractivity contribution in [1.82, 2.24) is 10.2 Å². The molecule has 0 fully saturated rings. The lowest BCUT2D eigenvalue weighted by molar-refractivity contribution is -0.152. The van der Waals surface area contributed by atoms with Crippen LogP contribution in [0.1, 0.15) is 16.1 Å². The number of anilines is 2. The Kier molecular flexibility index (Phi) is 5.32. The van der Waals surface area contributed by atoms with Gasteiger partial charge >= 0.3 is 0 Å². The summed E-state index contributed by atoms with van der Waals surface area (Å²) in [5.74, 6) is -0.429. The molecule has 0 radical (unpaired) electrons. The number of hydrogen-bond acceptors (Lipinski definition) is 7. The Bertz CT molecular complexity index is 1230. The SMILES string of the molecule is C=CCN1C(=O)[C@@]2(OCc3ccccc3N2C(=O)CSc2nnc(C)s2)c2ccccc21. The highest BCUT2D eigenvalue weighted by Crippen LogP contribution is 2.50. The molecule has 1 spiro atoms. The van der Waals surface area contributed by atoms with E-state index in [9.17, 15) is 9.59 Å². The Labute approximate surface area is 193 Å². The summed E-state index contributed by atoms with van der Waals surface area (Å²) in [6, 6.07) is 15.0. The number of para-hydroxylation sites is 2. The molecule has 1 atom stereocenters. The summed E-state index contributed by atoms with van der Waals surface area (Å²) < 4.78 is 7.01. The quantitative estimate of drug-likeness (QED) is 0.421. The normalized spacial score (nSPS) is 19.2. The number of thioether (sulfide) groups is 1. The fourth-order valence-corrected chi connectivity index (χ4v) is 5.84. The van der Waals surface area contributed by atoms with E-state index in [2.05, 4.69) is 16.8 Å². The first-order chi connectivity index (χ1) is 15.6. The second-order valence-corrected chi connectivity index (χ2v) is 9.79. The number of carbonyl (C=O) groups is 2. The summed E-state index contributed by atoms with van der Waals surface area (Å²) in [5, 5.41) is 8.95. The minimum atomic E-state index is -1.55. The van der Waals surface area contributed by atoms with Crippen LogP contribution in [-0.4, -0.2) is 34.3 Å². The lowest BCUT2D eigenvalue weighted by Gasteiger charge is -2.43. The topological polar surface area (TPSA) is 75.6 Å². The zero-order chi connectivity index (χ0) is 22.3. The molecule has 162 valence electrons. The summed E-state index contributed by atoms with van der Waals surface area (Å²) in [6.45, 7) is 6.21. The Morgan fingerprint density at radius 1 is 1.22 bits per heavy atom. The molecule has 3 heterocycles. The zero-order valence-electron chi connectivity index (χ0n) is 17.4. The molecule has 1 aromatic heterocycles. The van der Waals surface area contributed by atoms with Gasteiger partial charge in [0.2, 0.25) is 5.91 Å². The van der Waals surface area contributed by atoms with Crippen LogP contribution in [0.4, 0.5) is 11.4 Å². The summed E-state index contributed by atoms with van der Waals surface area (Å²) in [4.78, 5) is 30.7. The van der Waals surface area contributed by atoms with Gasteiger partial charge in [0.1, 0.15) is 5.01 Å². The maximum Gasteiger partial charge on any atom is 0.286 e. The van der Waals surface area contributed by atoms with Crippen molar-refractivity contribution < 1.29 is 14.3 Å². The van der Waals surface area contributed by atoms with Crippen LogP contribution in [0.5, 0.6) is 0 Å². The third-order valence-electron chi connectivity index (χ3n) is 5.47. The molecule has 3 aromatic rings.